The first-order chi connectivity index (χ1) is 18.8. The molecule has 2 aromatic rings. The maximum absolute atomic E-state index is 11.8. The standard InChI is InChI=1S/C22H29NO2.C5H13N.C4H10.2C2H6.2H2/c1-4-6-22(24)21(23)14-9-16-7-10-18(11-8-16)20-13-12-19(25-3)15-17(20)5-2;1-3-4-5(2)6;1-3-4-2;2*1-2;;/h7-8,10-13,15,21H,4-6,9,14,23H2,1-3H3;5H,3-4,6H2,1-2H3;3-4H2,1-2H3;2*1-2H3;2*1H/t21-;5-;;;;;/m01...../s1. The molecule has 0 heterocycles. The van der Waals surface area contributed by atoms with E-state index in [1.54, 1.807) is 7.11 Å². The Hall–Kier alpha value is -2.17. The first-order valence-corrected chi connectivity index (χ1v) is 15.6. The monoisotopic (exact) mass is 549 g/mol. The summed E-state index contributed by atoms with van der Waals surface area (Å²) < 4.78 is 5.32. The largest absolute Gasteiger partial charge is 0.497 e. The van der Waals surface area contributed by atoms with Gasteiger partial charge in [-0.3, -0.25) is 4.79 Å². The molecule has 0 aliphatic heterocycles. The van der Waals surface area contributed by atoms with E-state index >= 15 is 0 Å². The molecule has 2 atom stereocenters. The molecule has 0 unspecified atom stereocenters. The molecule has 0 fully saturated rings. The summed E-state index contributed by atoms with van der Waals surface area (Å²) in [5.41, 5.74) is 16.3. The number of hydrogen-bond donors (Lipinski definition) is 2. The van der Waals surface area contributed by atoms with Crippen LogP contribution >= 0.6 is 0 Å². The molecule has 0 aromatic heterocycles. The summed E-state index contributed by atoms with van der Waals surface area (Å²) in [7, 11) is 1.69. The van der Waals surface area contributed by atoms with Crippen LogP contribution in [0.15, 0.2) is 42.5 Å². The quantitative estimate of drug-likeness (QED) is 0.276. The van der Waals surface area contributed by atoms with Crippen molar-refractivity contribution in [3.8, 4) is 16.9 Å². The van der Waals surface area contributed by atoms with Crippen molar-refractivity contribution in [2.75, 3.05) is 7.11 Å². The van der Waals surface area contributed by atoms with Crippen LogP contribution in [-0.4, -0.2) is 25.0 Å². The number of unbranched alkanes of at least 4 members (excludes halogenated alkanes) is 1. The molecule has 0 aliphatic rings. The number of benzene rings is 2. The summed E-state index contributed by atoms with van der Waals surface area (Å²) in [6.45, 7) is 20.7. The van der Waals surface area contributed by atoms with Crippen LogP contribution in [0.4, 0.5) is 0 Å². The maximum Gasteiger partial charge on any atom is 0.149 e. The smallest absolute Gasteiger partial charge is 0.149 e. The van der Waals surface area contributed by atoms with Crippen molar-refractivity contribution < 1.29 is 12.4 Å². The van der Waals surface area contributed by atoms with Crippen molar-refractivity contribution in [2.45, 2.75) is 139 Å². The molecule has 0 radical (unpaired) electrons. The molecule has 0 aliphatic carbocycles. The second kappa shape index (κ2) is 28.8. The number of aryl methyl sites for hydroxylation is 2. The summed E-state index contributed by atoms with van der Waals surface area (Å²) in [6, 6.07) is 14.8. The van der Waals surface area contributed by atoms with Crippen LogP contribution < -0.4 is 16.2 Å². The van der Waals surface area contributed by atoms with Gasteiger partial charge in [-0.2, -0.15) is 0 Å². The highest BCUT2D eigenvalue weighted by molar-refractivity contribution is 5.83. The SMILES string of the molecule is CC.CC.CCCC.CCCC(=O)[C@@H](N)CCc1ccc(-c2ccc(OC)cc2CC)cc1.CCC[C@@H](C)N.[HH].[HH]. The summed E-state index contributed by atoms with van der Waals surface area (Å²) >= 11 is 0. The highest BCUT2D eigenvalue weighted by atomic mass is 16.5. The van der Waals surface area contributed by atoms with E-state index < -0.39 is 0 Å². The number of methoxy groups -OCH3 is 1. The fraction of sp³-hybridized carbons (Fsp3) is 0.629. The number of carbonyl (C=O) groups excluding carboxylic acids is 1. The van der Waals surface area contributed by atoms with Crippen LogP contribution in [0.25, 0.3) is 11.1 Å². The van der Waals surface area contributed by atoms with Gasteiger partial charge < -0.3 is 16.2 Å². The molecular formula is C35H68N2O2. The Bertz CT molecular complexity index is 810. The molecule has 4 nitrogen and oxygen atoms in total. The van der Waals surface area contributed by atoms with Crippen LogP contribution in [0, 0.1) is 0 Å². The van der Waals surface area contributed by atoms with Gasteiger partial charge in [-0.05, 0) is 73.4 Å². The Balaban J connectivity index is -0.000000228. The van der Waals surface area contributed by atoms with Crippen molar-refractivity contribution in [1.29, 1.82) is 0 Å². The lowest BCUT2D eigenvalue weighted by Crippen LogP contribution is -2.30. The van der Waals surface area contributed by atoms with Crippen LogP contribution in [0.1, 0.15) is 128 Å². The van der Waals surface area contributed by atoms with Crippen molar-refractivity contribution in [2.24, 2.45) is 11.5 Å². The van der Waals surface area contributed by atoms with E-state index in [4.69, 9.17) is 16.2 Å². The summed E-state index contributed by atoms with van der Waals surface area (Å²) in [4.78, 5) is 11.8. The Morgan fingerprint density at radius 3 is 1.77 bits per heavy atom. The van der Waals surface area contributed by atoms with E-state index in [0.717, 1.165) is 31.4 Å². The maximum atomic E-state index is 11.8. The van der Waals surface area contributed by atoms with Gasteiger partial charge in [0.1, 0.15) is 11.5 Å². The third-order valence-electron chi connectivity index (χ3n) is 5.86. The fourth-order valence-electron chi connectivity index (χ4n) is 3.49. The van der Waals surface area contributed by atoms with Gasteiger partial charge in [0.15, 0.2) is 0 Å². The van der Waals surface area contributed by atoms with Crippen molar-refractivity contribution in [3.63, 3.8) is 0 Å². The molecule has 0 bridgehead atoms. The van der Waals surface area contributed by atoms with Gasteiger partial charge >= 0.3 is 0 Å². The molecule has 0 saturated heterocycles. The van der Waals surface area contributed by atoms with Crippen LogP contribution in [0.5, 0.6) is 5.75 Å². The number of ether oxygens (including phenoxy) is 1. The van der Waals surface area contributed by atoms with E-state index in [1.807, 2.05) is 47.6 Å². The molecule has 230 valence electrons. The Morgan fingerprint density at radius 2 is 1.38 bits per heavy atom. The number of carbonyl (C=O) groups is 1. The Labute approximate surface area is 246 Å². The molecule has 4 heteroatoms. The average molecular weight is 549 g/mol. The minimum Gasteiger partial charge on any atom is -0.497 e. The van der Waals surface area contributed by atoms with Gasteiger partial charge in [-0.25, -0.2) is 0 Å². The minimum atomic E-state index is -0.340. The number of nitrogens with two attached hydrogens (primary N) is 2. The molecule has 0 saturated carbocycles. The zero-order valence-corrected chi connectivity index (χ0v) is 27.5. The zero-order chi connectivity index (χ0) is 30.6. The molecular weight excluding hydrogens is 480 g/mol. The van der Waals surface area contributed by atoms with E-state index in [9.17, 15) is 4.79 Å². The van der Waals surface area contributed by atoms with Crippen molar-refractivity contribution in [3.05, 3.63) is 53.6 Å². The van der Waals surface area contributed by atoms with Gasteiger partial charge in [-0.15, -0.1) is 0 Å². The van der Waals surface area contributed by atoms with E-state index in [0.29, 0.717) is 18.9 Å². The summed E-state index contributed by atoms with van der Waals surface area (Å²) in [5.74, 6) is 1.06. The molecule has 2 aromatic carbocycles. The van der Waals surface area contributed by atoms with Crippen molar-refractivity contribution >= 4 is 5.78 Å². The van der Waals surface area contributed by atoms with Gasteiger partial charge in [0.05, 0.1) is 13.2 Å². The van der Waals surface area contributed by atoms with Crippen molar-refractivity contribution in [1.82, 2.24) is 0 Å². The topological polar surface area (TPSA) is 78.3 Å². The normalized spacial score (nSPS) is 11.0. The van der Waals surface area contributed by atoms with Crippen LogP contribution in [0.3, 0.4) is 0 Å². The highest BCUT2D eigenvalue weighted by Gasteiger charge is 2.12. The van der Waals surface area contributed by atoms with E-state index in [-0.39, 0.29) is 14.7 Å². The predicted octanol–water partition coefficient (Wildman–Crippen LogP) is 10.0. The van der Waals surface area contributed by atoms with Gasteiger partial charge in [-0.1, -0.05) is 112 Å². The zero-order valence-electron chi connectivity index (χ0n) is 27.5. The van der Waals surface area contributed by atoms with Crippen LogP contribution in [0.2, 0.25) is 0 Å². The van der Waals surface area contributed by atoms with Crippen LogP contribution in [-0.2, 0) is 17.6 Å². The highest BCUT2D eigenvalue weighted by Crippen LogP contribution is 2.28. The second-order valence-corrected chi connectivity index (χ2v) is 9.20. The molecule has 39 heavy (non-hydrogen) atoms. The Kier molecular flexibility index (Phi) is 30.5. The number of Topliss-reactive ketones (excluding diaryl/α,β-unsaturated/α-hetero) is 1. The van der Waals surface area contributed by atoms with Gasteiger partial charge in [0.2, 0.25) is 0 Å². The first-order valence-electron chi connectivity index (χ1n) is 15.6. The molecule has 0 amide bonds. The number of hydrogen-bond acceptors (Lipinski definition) is 4. The molecule has 0 spiro atoms. The number of rotatable bonds is 12. The predicted molar refractivity (Wildman–Crippen MR) is 180 cm³/mol. The number of ketones is 1. The average Bonchev–Trinajstić information content (AvgIpc) is 2.98. The summed E-state index contributed by atoms with van der Waals surface area (Å²) in [6.07, 6.45) is 8.95. The minimum absolute atomic E-state index is 0. The molecule has 2 rings (SSSR count). The lowest BCUT2D eigenvalue weighted by atomic mass is 9.95. The van der Waals surface area contributed by atoms with E-state index in [2.05, 4.69) is 64.1 Å². The lowest BCUT2D eigenvalue weighted by Gasteiger charge is -2.12. The van der Waals surface area contributed by atoms with Gasteiger partial charge in [0, 0.05) is 15.3 Å². The molecule has 4 N–H and O–H groups in total. The first kappa shape index (κ1) is 41.3. The third kappa shape index (κ3) is 20.4. The fourth-order valence-corrected chi connectivity index (χ4v) is 3.49. The van der Waals surface area contributed by atoms with Gasteiger partial charge in [0.25, 0.3) is 0 Å². The second-order valence-electron chi connectivity index (χ2n) is 9.20. The lowest BCUT2D eigenvalue weighted by molar-refractivity contribution is -0.120. The Morgan fingerprint density at radius 1 is 0.821 bits per heavy atom. The van der Waals surface area contributed by atoms with E-state index in [1.165, 1.54) is 41.5 Å². The summed E-state index contributed by atoms with van der Waals surface area (Å²) in [5, 5.41) is 0. The third-order valence-corrected chi connectivity index (χ3v) is 5.86.